The molecule has 0 radical (unpaired) electrons. The summed E-state index contributed by atoms with van der Waals surface area (Å²) >= 11 is 0. The molecule has 19 heavy (non-hydrogen) atoms. The minimum atomic E-state index is -0.573. The van der Waals surface area contributed by atoms with Crippen molar-refractivity contribution in [3.05, 3.63) is 35.4 Å². The summed E-state index contributed by atoms with van der Waals surface area (Å²) in [5, 5.41) is 10.3. The molecule has 106 valence electrons. The van der Waals surface area contributed by atoms with Gasteiger partial charge in [0.05, 0.1) is 6.10 Å². The van der Waals surface area contributed by atoms with Crippen molar-refractivity contribution >= 4 is 0 Å². The average molecular weight is 268 g/mol. The summed E-state index contributed by atoms with van der Waals surface area (Å²) in [6, 6.07) is 3.56. The van der Waals surface area contributed by atoms with Crippen LogP contribution < -0.4 is 0 Å². The maximum atomic E-state index is 13.6. The predicted octanol–water partition coefficient (Wildman–Crippen LogP) is 3.94. The van der Waals surface area contributed by atoms with Gasteiger partial charge in [0.25, 0.3) is 0 Å². The smallest absolute Gasteiger partial charge is 0.129 e. The van der Waals surface area contributed by atoms with Gasteiger partial charge in [-0.1, -0.05) is 26.3 Å². The Labute approximate surface area is 113 Å². The molecule has 4 atom stereocenters. The molecule has 0 heterocycles. The minimum absolute atomic E-state index is 0.232. The number of aliphatic hydroxyl groups excluding tert-OH is 1. The third kappa shape index (κ3) is 3.53. The number of hydrogen-bond donors (Lipinski definition) is 1. The van der Waals surface area contributed by atoms with E-state index in [1.807, 2.05) is 0 Å². The number of hydrogen-bond acceptors (Lipinski definition) is 1. The van der Waals surface area contributed by atoms with Crippen LogP contribution in [0.1, 0.15) is 38.7 Å². The first-order valence-electron chi connectivity index (χ1n) is 7.09. The highest BCUT2D eigenvalue weighted by Gasteiger charge is 2.29. The van der Waals surface area contributed by atoms with Crippen molar-refractivity contribution in [1.29, 1.82) is 0 Å². The van der Waals surface area contributed by atoms with Gasteiger partial charge in [-0.2, -0.15) is 0 Å². The standard InChI is InChI=1S/C16H22F2O/c1-10-3-4-13(7-11(10)2)16(19)8-12-5-6-14(17)9-15(12)18/h5-6,9-11,13,16,19H,3-4,7-8H2,1-2H3. The van der Waals surface area contributed by atoms with E-state index in [4.69, 9.17) is 0 Å². The number of aliphatic hydroxyl groups is 1. The third-order valence-corrected chi connectivity index (χ3v) is 4.63. The summed E-state index contributed by atoms with van der Waals surface area (Å²) in [5.41, 5.74) is 0.403. The highest BCUT2D eigenvalue weighted by Crippen LogP contribution is 2.35. The van der Waals surface area contributed by atoms with E-state index >= 15 is 0 Å². The van der Waals surface area contributed by atoms with E-state index in [-0.39, 0.29) is 12.3 Å². The van der Waals surface area contributed by atoms with Crippen LogP contribution in [0.15, 0.2) is 18.2 Å². The zero-order valence-electron chi connectivity index (χ0n) is 11.6. The SMILES string of the molecule is CC1CCC(C(O)Cc2ccc(F)cc2F)CC1C. The zero-order chi connectivity index (χ0) is 14.0. The third-order valence-electron chi connectivity index (χ3n) is 4.63. The van der Waals surface area contributed by atoms with Crippen molar-refractivity contribution in [2.24, 2.45) is 17.8 Å². The summed E-state index contributed by atoms with van der Waals surface area (Å²) in [5.74, 6) is 0.403. The van der Waals surface area contributed by atoms with Gasteiger partial charge in [-0.3, -0.25) is 0 Å². The van der Waals surface area contributed by atoms with Gasteiger partial charge < -0.3 is 5.11 Å². The van der Waals surface area contributed by atoms with E-state index in [2.05, 4.69) is 13.8 Å². The first-order valence-corrected chi connectivity index (χ1v) is 7.09. The van der Waals surface area contributed by atoms with E-state index in [0.29, 0.717) is 17.4 Å². The van der Waals surface area contributed by atoms with Crippen LogP contribution in [-0.2, 0) is 6.42 Å². The van der Waals surface area contributed by atoms with Gasteiger partial charge >= 0.3 is 0 Å². The van der Waals surface area contributed by atoms with Crippen molar-refractivity contribution in [2.75, 3.05) is 0 Å². The summed E-state index contributed by atoms with van der Waals surface area (Å²) in [7, 11) is 0. The van der Waals surface area contributed by atoms with E-state index in [1.165, 1.54) is 12.1 Å². The topological polar surface area (TPSA) is 20.2 Å². The van der Waals surface area contributed by atoms with Crippen molar-refractivity contribution < 1.29 is 13.9 Å². The van der Waals surface area contributed by atoms with Crippen molar-refractivity contribution in [3.8, 4) is 0 Å². The van der Waals surface area contributed by atoms with Gasteiger partial charge in [-0.25, -0.2) is 8.78 Å². The lowest BCUT2D eigenvalue weighted by Crippen LogP contribution is -2.31. The average Bonchev–Trinajstić information content (AvgIpc) is 2.36. The van der Waals surface area contributed by atoms with Crippen LogP contribution in [-0.4, -0.2) is 11.2 Å². The first kappa shape index (κ1) is 14.4. The normalized spacial score (nSPS) is 29.2. The molecule has 0 aromatic heterocycles. The molecule has 0 bridgehead atoms. The Morgan fingerprint density at radius 1 is 1.21 bits per heavy atom. The molecule has 0 amide bonds. The Morgan fingerprint density at radius 3 is 2.58 bits per heavy atom. The largest absolute Gasteiger partial charge is 0.392 e. The monoisotopic (exact) mass is 268 g/mol. The molecular weight excluding hydrogens is 246 g/mol. The van der Waals surface area contributed by atoms with Gasteiger partial charge in [0.1, 0.15) is 11.6 Å². The molecule has 1 nitrogen and oxygen atoms in total. The lowest BCUT2D eigenvalue weighted by Gasteiger charge is -2.34. The van der Waals surface area contributed by atoms with Gasteiger partial charge in [-0.15, -0.1) is 0 Å². The number of benzene rings is 1. The summed E-state index contributed by atoms with van der Waals surface area (Å²) < 4.78 is 26.4. The van der Waals surface area contributed by atoms with Crippen molar-refractivity contribution in [2.45, 2.75) is 45.6 Å². The Balaban J connectivity index is 1.99. The Morgan fingerprint density at radius 2 is 1.95 bits per heavy atom. The molecular formula is C16H22F2O. The fourth-order valence-corrected chi connectivity index (χ4v) is 3.02. The maximum absolute atomic E-state index is 13.6. The minimum Gasteiger partial charge on any atom is -0.392 e. The molecule has 1 aromatic rings. The van der Waals surface area contributed by atoms with E-state index in [1.54, 1.807) is 0 Å². The van der Waals surface area contributed by atoms with Crippen LogP contribution in [0, 0.1) is 29.4 Å². The molecule has 0 aliphatic heterocycles. The fourth-order valence-electron chi connectivity index (χ4n) is 3.02. The number of rotatable bonds is 3. The van der Waals surface area contributed by atoms with Crippen LogP contribution in [0.3, 0.4) is 0 Å². The molecule has 4 unspecified atom stereocenters. The van der Waals surface area contributed by atoms with E-state index in [9.17, 15) is 13.9 Å². The highest BCUT2D eigenvalue weighted by molar-refractivity contribution is 5.19. The van der Waals surface area contributed by atoms with Crippen molar-refractivity contribution in [3.63, 3.8) is 0 Å². The number of halogens is 2. The Hall–Kier alpha value is -0.960. The van der Waals surface area contributed by atoms with Gasteiger partial charge in [0.15, 0.2) is 0 Å². The molecule has 0 saturated heterocycles. The van der Waals surface area contributed by atoms with Crippen molar-refractivity contribution in [1.82, 2.24) is 0 Å². The summed E-state index contributed by atoms with van der Waals surface area (Å²) in [6.07, 6.45) is 2.85. The second kappa shape index (κ2) is 6.00. The maximum Gasteiger partial charge on any atom is 0.129 e. The molecule has 3 heteroatoms. The summed E-state index contributed by atoms with van der Waals surface area (Å²) in [4.78, 5) is 0. The molecule has 1 saturated carbocycles. The Kier molecular flexibility index (Phi) is 4.56. The van der Waals surface area contributed by atoms with Crippen LogP contribution in [0.5, 0.6) is 0 Å². The van der Waals surface area contributed by atoms with E-state index < -0.39 is 17.7 Å². The molecule has 0 spiro atoms. The highest BCUT2D eigenvalue weighted by atomic mass is 19.1. The van der Waals surface area contributed by atoms with Crippen LogP contribution in [0.4, 0.5) is 8.78 Å². The predicted molar refractivity (Wildman–Crippen MR) is 71.7 cm³/mol. The first-order chi connectivity index (χ1) is 8.97. The summed E-state index contributed by atoms with van der Waals surface area (Å²) in [6.45, 7) is 4.45. The second-order valence-corrected chi connectivity index (χ2v) is 6.03. The van der Waals surface area contributed by atoms with Crippen LogP contribution in [0.2, 0.25) is 0 Å². The molecule has 2 rings (SSSR count). The van der Waals surface area contributed by atoms with Gasteiger partial charge in [0.2, 0.25) is 0 Å². The quantitative estimate of drug-likeness (QED) is 0.880. The molecule has 1 aliphatic rings. The Bertz CT molecular complexity index is 433. The lowest BCUT2D eigenvalue weighted by molar-refractivity contribution is 0.0564. The zero-order valence-corrected chi connectivity index (χ0v) is 11.6. The van der Waals surface area contributed by atoms with E-state index in [0.717, 1.165) is 25.3 Å². The lowest BCUT2D eigenvalue weighted by atomic mass is 9.73. The van der Waals surface area contributed by atoms with Crippen LogP contribution >= 0.6 is 0 Å². The van der Waals surface area contributed by atoms with Gasteiger partial charge in [0, 0.05) is 12.5 Å². The van der Waals surface area contributed by atoms with Crippen LogP contribution in [0.25, 0.3) is 0 Å². The second-order valence-electron chi connectivity index (χ2n) is 6.03. The molecule has 1 aromatic carbocycles. The molecule has 1 fully saturated rings. The fraction of sp³-hybridized carbons (Fsp3) is 0.625. The molecule has 1 aliphatic carbocycles. The van der Waals surface area contributed by atoms with Gasteiger partial charge in [-0.05, 0) is 42.2 Å². The molecule has 1 N–H and O–H groups in total.